The maximum Gasteiger partial charge on any atom is 0.269 e. The van der Waals surface area contributed by atoms with Crippen molar-refractivity contribution in [3.63, 3.8) is 0 Å². The number of rotatable bonds is 4. The molecule has 4 heteroatoms. The van der Waals surface area contributed by atoms with E-state index in [9.17, 15) is 8.78 Å². The Morgan fingerprint density at radius 3 is 2.57 bits per heavy atom. The van der Waals surface area contributed by atoms with Crippen molar-refractivity contribution in [2.75, 3.05) is 5.75 Å². The second-order valence-electron chi connectivity index (χ2n) is 2.82. The molecule has 0 saturated heterocycles. The lowest BCUT2D eigenvalue weighted by molar-refractivity contribution is 0.409. The van der Waals surface area contributed by atoms with E-state index in [1.54, 1.807) is 24.2 Å². The molecule has 1 rings (SSSR count). The lowest BCUT2D eigenvalue weighted by atomic mass is 10.3. The molecule has 1 nitrogen and oxygen atoms in total. The van der Waals surface area contributed by atoms with Crippen LogP contribution in [0.2, 0.25) is 0 Å². The Bertz CT molecular complexity index is 307. The topological polar surface area (TPSA) is 12.9 Å². The minimum absolute atomic E-state index is 0.173. The molecule has 0 aliphatic rings. The van der Waals surface area contributed by atoms with Crippen molar-refractivity contribution in [3.05, 3.63) is 36.2 Å². The van der Waals surface area contributed by atoms with Gasteiger partial charge in [0.1, 0.15) is 0 Å². The molecule has 0 atom stereocenters. The number of pyridine rings is 1. The van der Waals surface area contributed by atoms with Crippen LogP contribution in [0.4, 0.5) is 8.78 Å². The lowest BCUT2D eigenvalue weighted by Crippen LogP contribution is -1.84. The van der Waals surface area contributed by atoms with E-state index in [1.165, 1.54) is 6.92 Å². The molecular formula is C10H11F2NS. The molecule has 0 bridgehead atoms. The molecule has 1 aromatic rings. The van der Waals surface area contributed by atoms with Crippen molar-refractivity contribution in [1.29, 1.82) is 0 Å². The van der Waals surface area contributed by atoms with Crippen LogP contribution in [0, 0.1) is 0 Å². The van der Waals surface area contributed by atoms with Crippen LogP contribution in [0.25, 0.3) is 0 Å². The van der Waals surface area contributed by atoms with Gasteiger partial charge in [0.05, 0.1) is 0 Å². The minimum atomic E-state index is -1.56. The van der Waals surface area contributed by atoms with Gasteiger partial charge < -0.3 is 0 Å². The van der Waals surface area contributed by atoms with Crippen LogP contribution in [0.15, 0.2) is 41.1 Å². The van der Waals surface area contributed by atoms with Gasteiger partial charge in [0.15, 0.2) is 0 Å². The maximum absolute atomic E-state index is 12.0. The molecule has 1 aromatic heterocycles. The summed E-state index contributed by atoms with van der Waals surface area (Å²) in [6.45, 7) is 1.46. The zero-order valence-electron chi connectivity index (χ0n) is 7.84. The predicted octanol–water partition coefficient (Wildman–Crippen LogP) is 3.73. The summed E-state index contributed by atoms with van der Waals surface area (Å²) < 4.78 is 24.0. The van der Waals surface area contributed by atoms with Gasteiger partial charge in [-0.3, -0.25) is 4.98 Å². The average Bonchev–Trinajstić information content (AvgIpc) is 2.19. The van der Waals surface area contributed by atoms with E-state index in [1.807, 2.05) is 12.1 Å². The molecule has 0 unspecified atom stereocenters. The third-order valence-corrected chi connectivity index (χ3v) is 2.73. The number of aromatic nitrogens is 1. The summed E-state index contributed by atoms with van der Waals surface area (Å²) in [5.74, 6) is 0.674. The van der Waals surface area contributed by atoms with E-state index < -0.39 is 6.08 Å². The number of hydrogen-bond acceptors (Lipinski definition) is 2. The number of thioether (sulfide) groups is 1. The van der Waals surface area contributed by atoms with Crippen molar-refractivity contribution in [3.8, 4) is 0 Å². The van der Waals surface area contributed by atoms with Crippen LogP contribution in [-0.4, -0.2) is 10.7 Å². The van der Waals surface area contributed by atoms with Gasteiger partial charge in [0.2, 0.25) is 0 Å². The maximum atomic E-state index is 12.0. The summed E-state index contributed by atoms with van der Waals surface area (Å²) >= 11 is 1.56. The molecule has 1 heterocycles. The lowest BCUT2D eigenvalue weighted by Gasteiger charge is -2.00. The van der Waals surface area contributed by atoms with E-state index in [4.69, 9.17) is 0 Å². The molecular weight excluding hydrogens is 204 g/mol. The average molecular weight is 215 g/mol. The number of hydrogen-bond donors (Lipinski definition) is 0. The van der Waals surface area contributed by atoms with E-state index >= 15 is 0 Å². The zero-order chi connectivity index (χ0) is 10.4. The summed E-state index contributed by atoms with van der Waals surface area (Å²) in [5.41, 5.74) is 0.173. The fraction of sp³-hybridized carbons (Fsp3) is 0.300. The second kappa shape index (κ2) is 5.75. The van der Waals surface area contributed by atoms with E-state index in [-0.39, 0.29) is 5.57 Å². The van der Waals surface area contributed by atoms with E-state index in [0.29, 0.717) is 12.2 Å². The Morgan fingerprint density at radius 2 is 2.00 bits per heavy atom. The van der Waals surface area contributed by atoms with Gasteiger partial charge in [0.25, 0.3) is 6.08 Å². The molecule has 0 N–H and O–H groups in total. The van der Waals surface area contributed by atoms with Crippen molar-refractivity contribution in [2.24, 2.45) is 0 Å². The fourth-order valence-corrected chi connectivity index (χ4v) is 1.81. The summed E-state index contributed by atoms with van der Waals surface area (Å²) in [4.78, 5) is 4.94. The first-order valence-electron chi connectivity index (χ1n) is 4.23. The number of halogens is 2. The van der Waals surface area contributed by atoms with Crippen LogP contribution < -0.4 is 0 Å². The van der Waals surface area contributed by atoms with Gasteiger partial charge in [-0.05, 0) is 31.1 Å². The molecule has 0 radical (unpaired) electrons. The van der Waals surface area contributed by atoms with Gasteiger partial charge in [-0.1, -0.05) is 0 Å². The van der Waals surface area contributed by atoms with Gasteiger partial charge >= 0.3 is 0 Å². The zero-order valence-corrected chi connectivity index (χ0v) is 8.65. The molecule has 0 saturated carbocycles. The smallest absolute Gasteiger partial charge is 0.265 e. The number of allylic oxidation sites excluding steroid dienone is 1. The van der Waals surface area contributed by atoms with Crippen LogP contribution in [0.5, 0.6) is 0 Å². The van der Waals surface area contributed by atoms with Crippen molar-refractivity contribution >= 4 is 11.8 Å². The quantitative estimate of drug-likeness (QED) is 0.710. The highest BCUT2D eigenvalue weighted by molar-refractivity contribution is 7.99. The number of nitrogens with zero attached hydrogens (tertiary/aromatic N) is 1. The van der Waals surface area contributed by atoms with Crippen molar-refractivity contribution < 1.29 is 8.78 Å². The Morgan fingerprint density at radius 1 is 1.36 bits per heavy atom. The van der Waals surface area contributed by atoms with Gasteiger partial charge in [-0.25, -0.2) is 0 Å². The fourth-order valence-electron chi connectivity index (χ4n) is 0.851. The summed E-state index contributed by atoms with van der Waals surface area (Å²) in [7, 11) is 0. The third-order valence-electron chi connectivity index (χ3n) is 1.72. The molecule has 0 amide bonds. The first-order chi connectivity index (χ1) is 6.70. The molecule has 76 valence electrons. The molecule has 0 spiro atoms. The molecule has 0 fully saturated rings. The van der Waals surface area contributed by atoms with Crippen LogP contribution >= 0.6 is 11.8 Å². The highest BCUT2D eigenvalue weighted by Gasteiger charge is 2.00. The van der Waals surface area contributed by atoms with E-state index in [2.05, 4.69) is 4.98 Å². The first kappa shape index (κ1) is 11.2. The Labute approximate surface area is 86.2 Å². The second-order valence-corrected chi connectivity index (χ2v) is 3.99. The van der Waals surface area contributed by atoms with Crippen molar-refractivity contribution in [1.82, 2.24) is 4.98 Å². The van der Waals surface area contributed by atoms with Crippen molar-refractivity contribution in [2.45, 2.75) is 18.2 Å². The Balaban J connectivity index is 2.33. The Kier molecular flexibility index (Phi) is 4.59. The summed E-state index contributed by atoms with van der Waals surface area (Å²) in [5, 5.41) is 0. The third kappa shape index (κ3) is 3.87. The van der Waals surface area contributed by atoms with Gasteiger partial charge in [-0.2, -0.15) is 8.78 Å². The van der Waals surface area contributed by atoms with E-state index in [0.717, 1.165) is 4.90 Å². The highest BCUT2D eigenvalue weighted by atomic mass is 32.2. The first-order valence-corrected chi connectivity index (χ1v) is 5.22. The SMILES string of the molecule is CC(CCSc1ccncc1)=C(F)F. The Hall–Kier alpha value is -0.900. The largest absolute Gasteiger partial charge is 0.269 e. The summed E-state index contributed by atoms with van der Waals surface area (Å²) in [6, 6.07) is 3.74. The standard InChI is InChI=1S/C10H11F2NS/c1-8(10(11)12)4-7-14-9-2-5-13-6-3-9/h2-3,5-6H,4,7H2,1H3. The minimum Gasteiger partial charge on any atom is -0.265 e. The highest BCUT2D eigenvalue weighted by Crippen LogP contribution is 2.20. The van der Waals surface area contributed by atoms with Gasteiger partial charge in [-0.15, -0.1) is 11.8 Å². The molecule has 0 aliphatic heterocycles. The molecule has 14 heavy (non-hydrogen) atoms. The predicted molar refractivity (Wildman–Crippen MR) is 54.5 cm³/mol. The van der Waals surface area contributed by atoms with Crippen LogP contribution in [0.1, 0.15) is 13.3 Å². The van der Waals surface area contributed by atoms with Crippen LogP contribution in [-0.2, 0) is 0 Å². The molecule has 0 aromatic carbocycles. The van der Waals surface area contributed by atoms with Gasteiger partial charge in [0, 0.05) is 23.0 Å². The monoisotopic (exact) mass is 215 g/mol. The molecule has 0 aliphatic carbocycles. The normalized spacial score (nSPS) is 9.93. The summed E-state index contributed by atoms with van der Waals surface area (Å²) in [6.07, 6.45) is 2.26. The van der Waals surface area contributed by atoms with Crippen LogP contribution in [0.3, 0.4) is 0 Å².